The van der Waals surface area contributed by atoms with Crippen LogP contribution in [0.5, 0.6) is 17.2 Å². The SMILES string of the molecule is COc1ccc(C(=O)NC(C)Cc2cccs2)c(OC)c1OC. The van der Waals surface area contributed by atoms with Crippen LogP contribution in [-0.4, -0.2) is 33.3 Å². The zero-order valence-electron chi connectivity index (χ0n) is 13.7. The lowest BCUT2D eigenvalue weighted by Crippen LogP contribution is -2.34. The Balaban J connectivity index is 2.18. The highest BCUT2D eigenvalue weighted by molar-refractivity contribution is 7.09. The number of amides is 1. The first kappa shape index (κ1) is 17.1. The summed E-state index contributed by atoms with van der Waals surface area (Å²) in [5.74, 6) is 1.10. The molecule has 1 aromatic heterocycles. The predicted molar refractivity (Wildman–Crippen MR) is 91.0 cm³/mol. The van der Waals surface area contributed by atoms with Gasteiger partial charge in [-0.2, -0.15) is 0 Å². The summed E-state index contributed by atoms with van der Waals surface area (Å²) < 4.78 is 15.9. The molecule has 1 aromatic carbocycles. The smallest absolute Gasteiger partial charge is 0.255 e. The van der Waals surface area contributed by atoms with Crippen LogP contribution in [-0.2, 0) is 6.42 Å². The highest BCUT2D eigenvalue weighted by Crippen LogP contribution is 2.39. The maximum Gasteiger partial charge on any atom is 0.255 e. The Morgan fingerprint density at radius 1 is 1.13 bits per heavy atom. The number of carbonyl (C=O) groups excluding carboxylic acids is 1. The molecule has 1 unspecified atom stereocenters. The van der Waals surface area contributed by atoms with Crippen LogP contribution in [0.3, 0.4) is 0 Å². The van der Waals surface area contributed by atoms with Crippen molar-refractivity contribution in [2.45, 2.75) is 19.4 Å². The number of rotatable bonds is 7. The van der Waals surface area contributed by atoms with E-state index in [1.807, 2.05) is 18.4 Å². The number of methoxy groups -OCH3 is 3. The molecular formula is C17H21NO4S. The Morgan fingerprint density at radius 2 is 1.87 bits per heavy atom. The van der Waals surface area contributed by atoms with Crippen LogP contribution in [0.1, 0.15) is 22.2 Å². The lowest BCUT2D eigenvalue weighted by molar-refractivity contribution is 0.0936. The zero-order chi connectivity index (χ0) is 16.8. The second kappa shape index (κ2) is 7.87. The Bertz CT molecular complexity index is 655. The van der Waals surface area contributed by atoms with E-state index in [2.05, 4.69) is 11.4 Å². The lowest BCUT2D eigenvalue weighted by atomic mass is 10.1. The summed E-state index contributed by atoms with van der Waals surface area (Å²) in [5.41, 5.74) is 0.420. The van der Waals surface area contributed by atoms with Crippen molar-refractivity contribution in [2.24, 2.45) is 0 Å². The van der Waals surface area contributed by atoms with E-state index in [0.717, 1.165) is 6.42 Å². The number of carbonyl (C=O) groups is 1. The first-order valence-electron chi connectivity index (χ1n) is 7.22. The molecule has 2 aromatic rings. The molecule has 1 heterocycles. The molecule has 1 amide bonds. The van der Waals surface area contributed by atoms with Gasteiger partial charge in [-0.15, -0.1) is 11.3 Å². The summed E-state index contributed by atoms with van der Waals surface area (Å²) in [6.07, 6.45) is 0.791. The minimum atomic E-state index is -0.202. The molecule has 0 bridgehead atoms. The van der Waals surface area contributed by atoms with Crippen molar-refractivity contribution in [3.8, 4) is 17.2 Å². The van der Waals surface area contributed by atoms with Crippen molar-refractivity contribution < 1.29 is 19.0 Å². The van der Waals surface area contributed by atoms with Crippen LogP contribution in [0.2, 0.25) is 0 Å². The molecule has 23 heavy (non-hydrogen) atoms. The number of benzene rings is 1. The number of hydrogen-bond acceptors (Lipinski definition) is 5. The minimum Gasteiger partial charge on any atom is -0.493 e. The molecule has 2 rings (SSSR count). The third kappa shape index (κ3) is 3.96. The Hall–Kier alpha value is -2.21. The first-order valence-corrected chi connectivity index (χ1v) is 8.10. The molecule has 124 valence electrons. The van der Waals surface area contributed by atoms with E-state index in [-0.39, 0.29) is 11.9 Å². The van der Waals surface area contributed by atoms with Gasteiger partial charge in [0.2, 0.25) is 5.75 Å². The van der Waals surface area contributed by atoms with Crippen molar-refractivity contribution in [1.29, 1.82) is 0 Å². The van der Waals surface area contributed by atoms with Gasteiger partial charge in [-0.25, -0.2) is 0 Å². The fraction of sp³-hybridized carbons (Fsp3) is 0.353. The maximum absolute atomic E-state index is 12.5. The second-order valence-electron chi connectivity index (χ2n) is 5.04. The van der Waals surface area contributed by atoms with Gasteiger partial charge in [-0.1, -0.05) is 6.07 Å². The summed E-state index contributed by atoms with van der Waals surface area (Å²) in [7, 11) is 4.56. The Morgan fingerprint density at radius 3 is 2.43 bits per heavy atom. The molecule has 0 aliphatic rings. The second-order valence-corrected chi connectivity index (χ2v) is 6.07. The average molecular weight is 335 g/mol. The van der Waals surface area contributed by atoms with Crippen LogP contribution < -0.4 is 19.5 Å². The third-order valence-electron chi connectivity index (χ3n) is 3.41. The molecule has 1 N–H and O–H groups in total. The van der Waals surface area contributed by atoms with Crippen LogP contribution in [0.15, 0.2) is 29.6 Å². The first-order chi connectivity index (χ1) is 11.1. The van der Waals surface area contributed by atoms with Crippen LogP contribution >= 0.6 is 11.3 Å². The number of ether oxygens (including phenoxy) is 3. The van der Waals surface area contributed by atoms with Gasteiger partial charge in [-0.3, -0.25) is 4.79 Å². The molecule has 1 atom stereocenters. The topological polar surface area (TPSA) is 56.8 Å². The lowest BCUT2D eigenvalue weighted by Gasteiger charge is -2.17. The van der Waals surface area contributed by atoms with Gasteiger partial charge in [-0.05, 0) is 30.5 Å². The van der Waals surface area contributed by atoms with Crippen LogP contribution in [0.25, 0.3) is 0 Å². The van der Waals surface area contributed by atoms with E-state index in [1.54, 1.807) is 30.6 Å². The Labute approximate surface area is 140 Å². The molecule has 5 nitrogen and oxygen atoms in total. The summed E-state index contributed by atoms with van der Waals surface area (Å²) in [4.78, 5) is 13.8. The molecule has 6 heteroatoms. The van der Waals surface area contributed by atoms with Crippen molar-refractivity contribution in [3.05, 3.63) is 40.1 Å². The van der Waals surface area contributed by atoms with Gasteiger partial charge in [0.15, 0.2) is 11.5 Å². The molecule has 0 aliphatic heterocycles. The van der Waals surface area contributed by atoms with Crippen molar-refractivity contribution in [3.63, 3.8) is 0 Å². The largest absolute Gasteiger partial charge is 0.493 e. The summed E-state index contributed by atoms with van der Waals surface area (Å²) in [6, 6.07) is 7.45. The van der Waals surface area contributed by atoms with E-state index >= 15 is 0 Å². The number of hydrogen-bond donors (Lipinski definition) is 1. The van der Waals surface area contributed by atoms with Gasteiger partial charge in [0.1, 0.15) is 0 Å². The quantitative estimate of drug-likeness (QED) is 0.844. The van der Waals surface area contributed by atoms with Gasteiger partial charge in [0, 0.05) is 17.3 Å². The fourth-order valence-electron chi connectivity index (χ4n) is 2.36. The molecule has 0 spiro atoms. The van der Waals surface area contributed by atoms with Gasteiger partial charge in [0.25, 0.3) is 5.91 Å². The summed E-state index contributed by atoms with van der Waals surface area (Å²) in [6.45, 7) is 1.98. The highest BCUT2D eigenvalue weighted by atomic mass is 32.1. The van der Waals surface area contributed by atoms with E-state index in [9.17, 15) is 4.79 Å². The molecule has 0 radical (unpaired) electrons. The summed E-state index contributed by atoms with van der Waals surface area (Å²) in [5, 5.41) is 5.02. The third-order valence-corrected chi connectivity index (χ3v) is 4.31. The van der Waals surface area contributed by atoms with Crippen molar-refractivity contribution >= 4 is 17.2 Å². The van der Waals surface area contributed by atoms with Crippen molar-refractivity contribution in [1.82, 2.24) is 5.32 Å². The highest BCUT2D eigenvalue weighted by Gasteiger charge is 2.21. The normalized spacial score (nSPS) is 11.7. The molecule has 0 saturated heterocycles. The average Bonchev–Trinajstić information content (AvgIpc) is 3.05. The molecule has 0 fully saturated rings. The van der Waals surface area contributed by atoms with E-state index in [1.165, 1.54) is 19.1 Å². The van der Waals surface area contributed by atoms with Gasteiger partial charge >= 0.3 is 0 Å². The summed E-state index contributed by atoms with van der Waals surface area (Å²) >= 11 is 1.68. The van der Waals surface area contributed by atoms with Gasteiger partial charge < -0.3 is 19.5 Å². The van der Waals surface area contributed by atoms with E-state index < -0.39 is 0 Å². The molecule has 0 aliphatic carbocycles. The molecular weight excluding hydrogens is 314 g/mol. The number of nitrogens with one attached hydrogen (secondary N) is 1. The minimum absolute atomic E-state index is 0.0129. The maximum atomic E-state index is 12.5. The van der Waals surface area contributed by atoms with Crippen LogP contribution in [0, 0.1) is 0 Å². The monoisotopic (exact) mass is 335 g/mol. The predicted octanol–water partition coefficient (Wildman–Crippen LogP) is 3.13. The van der Waals surface area contributed by atoms with Crippen molar-refractivity contribution in [2.75, 3.05) is 21.3 Å². The standard InChI is InChI=1S/C17H21NO4S/c1-11(10-12-6-5-9-23-12)18-17(19)13-7-8-14(20-2)16(22-4)15(13)21-3/h5-9,11H,10H2,1-4H3,(H,18,19). The van der Waals surface area contributed by atoms with Gasteiger partial charge in [0.05, 0.1) is 26.9 Å². The van der Waals surface area contributed by atoms with Crippen LogP contribution in [0.4, 0.5) is 0 Å². The Kier molecular flexibility index (Phi) is 5.87. The number of thiophene rings is 1. The van der Waals surface area contributed by atoms with E-state index in [4.69, 9.17) is 14.2 Å². The fourth-order valence-corrected chi connectivity index (χ4v) is 3.20. The van der Waals surface area contributed by atoms with E-state index in [0.29, 0.717) is 22.8 Å². The zero-order valence-corrected chi connectivity index (χ0v) is 14.5. The molecule has 0 saturated carbocycles.